The van der Waals surface area contributed by atoms with Crippen LogP contribution in [-0.4, -0.2) is 6.91 Å². The Kier molecular flexibility index (Phi) is 1.35. The van der Waals surface area contributed by atoms with Crippen LogP contribution in [0.25, 0.3) is 10.9 Å². The van der Waals surface area contributed by atoms with Gasteiger partial charge < -0.3 is 0 Å². The molecule has 0 bridgehead atoms. The van der Waals surface area contributed by atoms with Gasteiger partial charge in [0, 0.05) is 0 Å². The molecule has 0 saturated carbocycles. The number of hydrogen-bond donors (Lipinski definition) is 0. The Hall–Kier alpha value is -1.05. The van der Waals surface area contributed by atoms with Crippen molar-refractivity contribution in [2.45, 2.75) is 13.8 Å². The van der Waals surface area contributed by atoms with E-state index in [0.29, 0.717) is 0 Å². The molecule has 0 fully saturated rings. The van der Waals surface area contributed by atoms with Crippen LogP contribution in [0.3, 0.4) is 0 Å². The predicted molar refractivity (Wildman–Crippen MR) is 47.0 cm³/mol. The second kappa shape index (κ2) is 2.23. The summed E-state index contributed by atoms with van der Waals surface area (Å²) >= 11 is 0. The zero-order valence-electron chi connectivity index (χ0n) is 6.72. The number of rotatable bonds is 0. The third kappa shape index (κ3) is 0.986. The molecule has 1 aromatic heterocycles. The molecular formula is C9H9BO. The Balaban J connectivity index is 2.90. The predicted octanol–water partition coefficient (Wildman–Crippen LogP) is 2.39. The fraction of sp³-hybridized carbons (Fsp3) is 0.222. The summed E-state index contributed by atoms with van der Waals surface area (Å²) in [6.07, 6.45) is 0. The summed E-state index contributed by atoms with van der Waals surface area (Å²) in [5.74, 6) is 0. The minimum absolute atomic E-state index is 0.981. The fourth-order valence-electron chi connectivity index (χ4n) is 1.33. The van der Waals surface area contributed by atoms with Crippen LogP contribution in [0.5, 0.6) is 0 Å². The number of benzene rings is 1. The van der Waals surface area contributed by atoms with Crippen molar-refractivity contribution < 1.29 is 4.42 Å². The van der Waals surface area contributed by atoms with Crippen molar-refractivity contribution >= 4 is 17.8 Å². The molecule has 0 radical (unpaired) electrons. The van der Waals surface area contributed by atoms with Gasteiger partial charge in [-0.3, -0.25) is 0 Å². The van der Waals surface area contributed by atoms with Gasteiger partial charge in [-0.25, -0.2) is 0 Å². The van der Waals surface area contributed by atoms with E-state index in [9.17, 15) is 0 Å². The fourth-order valence-corrected chi connectivity index (χ4v) is 1.33. The zero-order chi connectivity index (χ0) is 7.84. The van der Waals surface area contributed by atoms with Gasteiger partial charge >= 0.3 is 65.5 Å². The van der Waals surface area contributed by atoms with Gasteiger partial charge in [0.2, 0.25) is 0 Å². The average molecular weight is 144 g/mol. The van der Waals surface area contributed by atoms with Crippen molar-refractivity contribution in [3.8, 4) is 0 Å². The van der Waals surface area contributed by atoms with Gasteiger partial charge in [-0.2, -0.15) is 0 Å². The van der Waals surface area contributed by atoms with Crippen molar-refractivity contribution in [2.24, 2.45) is 0 Å². The molecule has 0 aliphatic carbocycles. The second-order valence-corrected chi connectivity index (χ2v) is 2.84. The van der Waals surface area contributed by atoms with Crippen LogP contribution in [0, 0.1) is 13.8 Å². The Morgan fingerprint density at radius 2 is 2.09 bits per heavy atom. The van der Waals surface area contributed by atoms with E-state index in [0.717, 1.165) is 11.2 Å². The molecule has 0 aliphatic heterocycles. The van der Waals surface area contributed by atoms with Crippen LogP contribution in [0.4, 0.5) is 0 Å². The average Bonchev–Trinajstić information content (AvgIpc) is 2.31. The Morgan fingerprint density at radius 1 is 1.27 bits per heavy atom. The SMILES string of the molecule is Cc1bc2c(C)cccc2o1. The molecule has 2 heteroatoms. The van der Waals surface area contributed by atoms with Crippen molar-refractivity contribution in [1.82, 2.24) is 0 Å². The van der Waals surface area contributed by atoms with Gasteiger partial charge in [-0.1, -0.05) is 0 Å². The molecule has 1 heterocycles. The quantitative estimate of drug-likeness (QED) is 0.553. The summed E-state index contributed by atoms with van der Waals surface area (Å²) in [6, 6.07) is 6.10. The molecule has 0 spiro atoms. The van der Waals surface area contributed by atoms with Gasteiger partial charge in [0.05, 0.1) is 0 Å². The molecule has 2 aromatic rings. The van der Waals surface area contributed by atoms with Crippen LogP contribution < -0.4 is 0 Å². The molecular weight excluding hydrogens is 135 g/mol. The van der Waals surface area contributed by atoms with E-state index >= 15 is 0 Å². The molecule has 0 amide bonds. The van der Waals surface area contributed by atoms with Gasteiger partial charge in [0.15, 0.2) is 0 Å². The Bertz CT molecular complexity index is 389. The molecule has 1 aromatic carbocycles. The zero-order valence-corrected chi connectivity index (χ0v) is 6.72. The summed E-state index contributed by atoms with van der Waals surface area (Å²) < 4.78 is 5.45. The summed E-state index contributed by atoms with van der Waals surface area (Å²) in [5, 5.41) is 1.23. The van der Waals surface area contributed by atoms with E-state index < -0.39 is 0 Å². The van der Waals surface area contributed by atoms with Crippen molar-refractivity contribution in [3.05, 3.63) is 29.4 Å². The normalized spacial score (nSPS) is 10.4. The number of aryl methyl sites for hydroxylation is 2. The van der Waals surface area contributed by atoms with E-state index in [4.69, 9.17) is 4.42 Å². The first kappa shape index (κ1) is 6.65. The van der Waals surface area contributed by atoms with Crippen LogP contribution >= 0.6 is 0 Å². The molecule has 2 rings (SSSR count). The molecule has 0 unspecified atom stereocenters. The Morgan fingerprint density at radius 3 is 2.82 bits per heavy atom. The first-order valence-electron chi connectivity index (χ1n) is 3.73. The number of fused-ring (bicyclic) bond motifs is 1. The molecule has 0 N–H and O–H groups in total. The maximum atomic E-state index is 5.45. The molecule has 0 saturated heterocycles. The molecule has 1 nitrogen and oxygen atoms in total. The molecule has 0 aliphatic rings. The van der Waals surface area contributed by atoms with E-state index in [-0.39, 0.29) is 0 Å². The van der Waals surface area contributed by atoms with Crippen LogP contribution in [0.2, 0.25) is 0 Å². The van der Waals surface area contributed by atoms with E-state index in [1.165, 1.54) is 10.8 Å². The van der Waals surface area contributed by atoms with E-state index in [2.05, 4.69) is 19.9 Å². The van der Waals surface area contributed by atoms with Crippen molar-refractivity contribution in [2.75, 3.05) is 0 Å². The Labute approximate surface area is 66.2 Å². The van der Waals surface area contributed by atoms with Crippen LogP contribution in [0.15, 0.2) is 22.6 Å². The van der Waals surface area contributed by atoms with Gasteiger partial charge in [0.25, 0.3) is 0 Å². The maximum absolute atomic E-state index is 5.45. The summed E-state index contributed by atoms with van der Waals surface area (Å²) in [6.45, 7) is 6.14. The summed E-state index contributed by atoms with van der Waals surface area (Å²) in [7, 11) is 0. The summed E-state index contributed by atoms with van der Waals surface area (Å²) in [4.78, 5) is 0. The van der Waals surface area contributed by atoms with E-state index in [1.807, 2.05) is 19.1 Å². The van der Waals surface area contributed by atoms with Crippen molar-refractivity contribution in [1.29, 1.82) is 0 Å². The molecule has 0 atom stereocenters. The van der Waals surface area contributed by atoms with Crippen molar-refractivity contribution in [3.63, 3.8) is 0 Å². The minimum atomic E-state index is 0.981. The van der Waals surface area contributed by atoms with Gasteiger partial charge in [0.1, 0.15) is 0 Å². The first-order chi connectivity index (χ1) is 5.27. The number of hydrogen-bond acceptors (Lipinski definition) is 1. The standard InChI is InChI=1S/C9H9BO/c1-6-4-3-5-8-9(6)10-7(2)11-8/h3-5H,1-2H3. The van der Waals surface area contributed by atoms with Gasteiger partial charge in [-0.05, 0) is 0 Å². The third-order valence-corrected chi connectivity index (χ3v) is 1.90. The van der Waals surface area contributed by atoms with Crippen LogP contribution in [-0.2, 0) is 0 Å². The second-order valence-electron chi connectivity index (χ2n) is 2.84. The monoisotopic (exact) mass is 144 g/mol. The molecule has 11 heavy (non-hydrogen) atoms. The molecule has 54 valence electrons. The topological polar surface area (TPSA) is 13.1 Å². The summed E-state index contributed by atoms with van der Waals surface area (Å²) in [5.41, 5.74) is 3.25. The van der Waals surface area contributed by atoms with Gasteiger partial charge in [-0.15, -0.1) is 0 Å². The van der Waals surface area contributed by atoms with Crippen LogP contribution in [0.1, 0.15) is 11.2 Å². The van der Waals surface area contributed by atoms with E-state index in [1.54, 1.807) is 0 Å². The third-order valence-electron chi connectivity index (χ3n) is 1.90. The first-order valence-corrected chi connectivity index (χ1v) is 3.73.